The molecule has 3 aromatic rings. The van der Waals surface area contributed by atoms with Gasteiger partial charge in [-0.25, -0.2) is 0 Å². The number of benzene rings is 1. The van der Waals surface area contributed by atoms with Gasteiger partial charge < -0.3 is 4.90 Å². The third kappa shape index (κ3) is 3.02. The number of aryl methyl sites for hydroxylation is 1. The molecule has 3 heterocycles. The van der Waals surface area contributed by atoms with Crippen LogP contribution in [-0.4, -0.2) is 21.3 Å². The molecule has 0 spiro atoms. The molecule has 5 heteroatoms. The molecule has 0 saturated carbocycles. The maximum atomic E-state index is 6.10. The number of rotatable bonds is 3. The molecule has 1 aromatic carbocycles. The van der Waals surface area contributed by atoms with Gasteiger partial charge in [0.25, 0.3) is 0 Å². The van der Waals surface area contributed by atoms with E-state index in [-0.39, 0.29) is 0 Å². The number of fused-ring (bicyclic) bond motifs is 1. The summed E-state index contributed by atoms with van der Waals surface area (Å²) in [5, 5.41) is 5.17. The largest absolute Gasteiger partial charge is 0.366 e. The summed E-state index contributed by atoms with van der Waals surface area (Å²) >= 11 is 6.10. The highest BCUT2D eigenvalue weighted by Crippen LogP contribution is 2.26. The molecule has 4 nitrogen and oxygen atoms in total. The number of hydrogen-bond donors (Lipinski definition) is 0. The lowest BCUT2D eigenvalue weighted by Gasteiger charge is -2.30. The molecule has 0 N–H and O–H groups in total. The van der Waals surface area contributed by atoms with Crippen LogP contribution in [0.3, 0.4) is 0 Å². The number of pyridine rings is 1. The summed E-state index contributed by atoms with van der Waals surface area (Å²) in [5.41, 5.74) is 6.19. The van der Waals surface area contributed by atoms with E-state index in [1.165, 1.54) is 16.7 Å². The summed E-state index contributed by atoms with van der Waals surface area (Å²) in [6.07, 6.45) is 6.71. The Morgan fingerprint density at radius 3 is 2.88 bits per heavy atom. The van der Waals surface area contributed by atoms with E-state index < -0.39 is 0 Å². The maximum Gasteiger partial charge on any atom is 0.0678 e. The SMILES string of the molecule is Cc1ccnn1Cc1cncc(N2CCc3cc(Cl)ccc3C2)c1. The smallest absolute Gasteiger partial charge is 0.0678 e. The van der Waals surface area contributed by atoms with Crippen LogP contribution < -0.4 is 4.90 Å². The minimum atomic E-state index is 0.750. The zero-order chi connectivity index (χ0) is 16.5. The Morgan fingerprint density at radius 2 is 2.04 bits per heavy atom. The Bertz CT molecular complexity index is 871. The molecule has 4 rings (SSSR count). The normalized spacial score (nSPS) is 13.8. The van der Waals surface area contributed by atoms with Crippen molar-refractivity contribution in [3.8, 4) is 0 Å². The van der Waals surface area contributed by atoms with Crippen LogP contribution in [0, 0.1) is 6.92 Å². The summed E-state index contributed by atoms with van der Waals surface area (Å²) < 4.78 is 1.99. The lowest BCUT2D eigenvalue weighted by Crippen LogP contribution is -2.30. The standard InChI is InChI=1S/C19H19ClN4/c1-14-4-6-22-24(14)12-15-8-19(11-21-10-15)23-7-5-16-9-18(20)3-2-17(16)13-23/h2-4,6,8-11H,5,7,12-13H2,1H3. The molecule has 2 aromatic heterocycles. The van der Waals surface area contributed by atoms with Crippen molar-refractivity contribution in [3.63, 3.8) is 0 Å². The maximum absolute atomic E-state index is 6.10. The minimum absolute atomic E-state index is 0.750. The molecule has 0 unspecified atom stereocenters. The molecule has 1 aliphatic heterocycles. The van der Waals surface area contributed by atoms with Crippen molar-refractivity contribution in [2.75, 3.05) is 11.4 Å². The van der Waals surface area contributed by atoms with Gasteiger partial charge in [0.15, 0.2) is 0 Å². The second kappa shape index (κ2) is 6.29. The van der Waals surface area contributed by atoms with E-state index in [1.807, 2.05) is 35.4 Å². The zero-order valence-electron chi connectivity index (χ0n) is 13.6. The van der Waals surface area contributed by atoms with Gasteiger partial charge in [-0.3, -0.25) is 9.67 Å². The molecule has 24 heavy (non-hydrogen) atoms. The quantitative estimate of drug-likeness (QED) is 0.727. The Balaban J connectivity index is 1.56. The molecule has 0 amide bonds. The molecule has 0 bridgehead atoms. The topological polar surface area (TPSA) is 34.0 Å². The highest BCUT2D eigenvalue weighted by atomic mass is 35.5. The molecular formula is C19H19ClN4. The van der Waals surface area contributed by atoms with E-state index in [1.54, 1.807) is 0 Å². The fourth-order valence-corrected chi connectivity index (χ4v) is 3.41. The van der Waals surface area contributed by atoms with Gasteiger partial charge in [-0.1, -0.05) is 17.7 Å². The van der Waals surface area contributed by atoms with Crippen LogP contribution in [0.1, 0.15) is 22.4 Å². The number of nitrogens with zero attached hydrogens (tertiary/aromatic N) is 4. The molecule has 0 saturated heterocycles. The van der Waals surface area contributed by atoms with E-state index in [0.29, 0.717) is 0 Å². The van der Waals surface area contributed by atoms with Crippen LogP contribution in [0.5, 0.6) is 0 Å². The molecule has 122 valence electrons. The van der Waals surface area contributed by atoms with E-state index in [0.717, 1.165) is 42.5 Å². The van der Waals surface area contributed by atoms with Crippen molar-refractivity contribution >= 4 is 17.3 Å². The van der Waals surface area contributed by atoms with Crippen molar-refractivity contribution in [1.29, 1.82) is 0 Å². The van der Waals surface area contributed by atoms with Gasteiger partial charge in [0, 0.05) is 36.2 Å². The van der Waals surface area contributed by atoms with E-state index in [9.17, 15) is 0 Å². The van der Waals surface area contributed by atoms with Crippen molar-refractivity contribution in [2.24, 2.45) is 0 Å². The molecule has 0 aliphatic carbocycles. The number of anilines is 1. The summed E-state index contributed by atoms with van der Waals surface area (Å²) in [5.74, 6) is 0. The Labute approximate surface area is 146 Å². The van der Waals surface area contributed by atoms with E-state index in [4.69, 9.17) is 11.6 Å². The Morgan fingerprint density at radius 1 is 1.12 bits per heavy atom. The van der Waals surface area contributed by atoms with Crippen molar-refractivity contribution < 1.29 is 0 Å². The summed E-state index contributed by atoms with van der Waals surface area (Å²) in [6, 6.07) is 10.4. The van der Waals surface area contributed by atoms with Crippen molar-refractivity contribution in [3.05, 3.63) is 76.3 Å². The van der Waals surface area contributed by atoms with Crippen LogP contribution in [0.2, 0.25) is 5.02 Å². The average molecular weight is 339 g/mol. The third-order valence-electron chi connectivity index (χ3n) is 4.59. The lowest BCUT2D eigenvalue weighted by atomic mass is 9.99. The van der Waals surface area contributed by atoms with E-state index in [2.05, 4.69) is 40.1 Å². The van der Waals surface area contributed by atoms with Crippen molar-refractivity contribution in [2.45, 2.75) is 26.4 Å². The van der Waals surface area contributed by atoms with Crippen LogP contribution in [0.25, 0.3) is 0 Å². The van der Waals surface area contributed by atoms with Crippen LogP contribution >= 0.6 is 11.6 Å². The average Bonchev–Trinajstić information content (AvgIpc) is 2.99. The molecule has 0 radical (unpaired) electrons. The van der Waals surface area contributed by atoms with Crippen molar-refractivity contribution in [1.82, 2.24) is 14.8 Å². The van der Waals surface area contributed by atoms with Crippen LogP contribution in [0.4, 0.5) is 5.69 Å². The van der Waals surface area contributed by atoms with E-state index >= 15 is 0 Å². The summed E-state index contributed by atoms with van der Waals surface area (Å²) in [6.45, 7) is 4.70. The fourth-order valence-electron chi connectivity index (χ4n) is 3.21. The Kier molecular flexibility index (Phi) is 3.98. The van der Waals surface area contributed by atoms with Gasteiger partial charge in [-0.15, -0.1) is 0 Å². The molecule has 1 aliphatic rings. The van der Waals surface area contributed by atoms with Gasteiger partial charge in [-0.05, 0) is 54.3 Å². The fraction of sp³-hybridized carbons (Fsp3) is 0.263. The first kappa shape index (κ1) is 15.2. The summed E-state index contributed by atoms with van der Waals surface area (Å²) in [7, 11) is 0. The lowest BCUT2D eigenvalue weighted by molar-refractivity contribution is 0.662. The van der Waals surface area contributed by atoms with Gasteiger partial charge in [0.2, 0.25) is 0 Å². The van der Waals surface area contributed by atoms with Crippen LogP contribution in [-0.2, 0) is 19.5 Å². The van der Waals surface area contributed by atoms with Gasteiger partial charge in [0.05, 0.1) is 18.4 Å². The molecule has 0 atom stereocenters. The summed E-state index contributed by atoms with van der Waals surface area (Å²) in [4.78, 5) is 6.81. The predicted molar refractivity (Wildman–Crippen MR) is 96.5 cm³/mol. The van der Waals surface area contributed by atoms with Gasteiger partial charge >= 0.3 is 0 Å². The second-order valence-electron chi connectivity index (χ2n) is 6.27. The second-order valence-corrected chi connectivity index (χ2v) is 6.70. The first-order chi connectivity index (χ1) is 11.7. The number of halogens is 1. The van der Waals surface area contributed by atoms with Crippen LogP contribution in [0.15, 0.2) is 48.9 Å². The number of aromatic nitrogens is 3. The highest BCUT2D eigenvalue weighted by molar-refractivity contribution is 6.30. The Hall–Kier alpha value is -2.33. The third-order valence-corrected chi connectivity index (χ3v) is 4.82. The molecular weight excluding hydrogens is 320 g/mol. The highest BCUT2D eigenvalue weighted by Gasteiger charge is 2.17. The first-order valence-corrected chi connectivity index (χ1v) is 8.51. The number of hydrogen-bond acceptors (Lipinski definition) is 3. The zero-order valence-corrected chi connectivity index (χ0v) is 14.4. The molecule has 0 fully saturated rings. The minimum Gasteiger partial charge on any atom is -0.366 e. The van der Waals surface area contributed by atoms with Gasteiger partial charge in [0.1, 0.15) is 0 Å². The predicted octanol–water partition coefficient (Wildman–Crippen LogP) is 3.85. The monoisotopic (exact) mass is 338 g/mol. The first-order valence-electron chi connectivity index (χ1n) is 8.13. The van der Waals surface area contributed by atoms with Gasteiger partial charge in [-0.2, -0.15) is 5.10 Å².